The van der Waals surface area contributed by atoms with E-state index in [0.717, 1.165) is 12.8 Å². The van der Waals surface area contributed by atoms with Crippen molar-refractivity contribution in [3.05, 3.63) is 0 Å². The van der Waals surface area contributed by atoms with E-state index in [1.807, 2.05) is 0 Å². The molecule has 0 aromatic rings. The summed E-state index contributed by atoms with van der Waals surface area (Å²) in [5.41, 5.74) is 0. The smallest absolute Gasteiger partial charge is 0.438 e. The van der Waals surface area contributed by atoms with Crippen LogP contribution in [0.25, 0.3) is 0 Å². The highest BCUT2D eigenvalue weighted by molar-refractivity contribution is 5.85. The minimum absolute atomic E-state index is 0.00616. The lowest BCUT2D eigenvalue weighted by atomic mass is 9.96. The Balaban J connectivity index is 2.39. The molecule has 0 N–H and O–H groups in total. The van der Waals surface area contributed by atoms with E-state index >= 15 is 0 Å². The number of ether oxygens (including phenoxy) is 2. The van der Waals surface area contributed by atoms with E-state index in [-0.39, 0.29) is 5.78 Å². The van der Waals surface area contributed by atoms with Gasteiger partial charge >= 0.3 is 6.16 Å². The molecule has 1 unspecified atom stereocenters. The van der Waals surface area contributed by atoms with Gasteiger partial charge in [-0.05, 0) is 19.3 Å². The largest absolute Gasteiger partial charge is 0.508 e. The molecule has 1 atom stereocenters. The molecule has 4 heteroatoms. The number of hydrogen-bond donors (Lipinski definition) is 0. The van der Waals surface area contributed by atoms with Crippen LogP contribution in [0, 0.1) is 0 Å². The summed E-state index contributed by atoms with van der Waals surface area (Å²) in [7, 11) is 1.23. The molecule has 68 valence electrons. The normalized spacial score (nSPS) is 23.4. The van der Waals surface area contributed by atoms with Crippen LogP contribution >= 0.6 is 0 Å². The molecule has 0 heterocycles. The summed E-state index contributed by atoms with van der Waals surface area (Å²) in [6, 6.07) is 0. The van der Waals surface area contributed by atoms with Crippen LogP contribution < -0.4 is 0 Å². The minimum Gasteiger partial charge on any atom is -0.438 e. The summed E-state index contributed by atoms with van der Waals surface area (Å²) in [4.78, 5) is 21.7. The second-order valence-electron chi connectivity index (χ2n) is 2.77. The summed E-state index contributed by atoms with van der Waals surface area (Å²) in [6.45, 7) is 0. The van der Waals surface area contributed by atoms with E-state index in [0.29, 0.717) is 12.8 Å². The third-order valence-electron chi connectivity index (χ3n) is 1.90. The fourth-order valence-electron chi connectivity index (χ4n) is 1.24. The van der Waals surface area contributed by atoms with Crippen LogP contribution in [-0.4, -0.2) is 25.2 Å². The summed E-state index contributed by atoms with van der Waals surface area (Å²) in [5.74, 6) is 0.00616. The molecule has 1 aliphatic carbocycles. The SMILES string of the molecule is COC(=O)OC1CCCCC1=O. The first-order valence-electron chi connectivity index (χ1n) is 4.01. The Kier molecular flexibility index (Phi) is 3.08. The molecule has 0 spiro atoms. The molecule has 0 radical (unpaired) electrons. The molecule has 0 aromatic carbocycles. The van der Waals surface area contributed by atoms with Crippen LogP contribution in [0.5, 0.6) is 0 Å². The quantitative estimate of drug-likeness (QED) is 0.559. The first-order valence-corrected chi connectivity index (χ1v) is 4.01. The summed E-state index contributed by atoms with van der Waals surface area (Å²) in [6.07, 6.45) is 1.66. The average molecular weight is 172 g/mol. The monoisotopic (exact) mass is 172 g/mol. The first kappa shape index (κ1) is 9.03. The minimum atomic E-state index is -0.768. The predicted molar refractivity (Wildman–Crippen MR) is 40.8 cm³/mol. The predicted octanol–water partition coefficient (Wildman–Crippen LogP) is 1.28. The number of ketones is 1. The summed E-state index contributed by atoms with van der Waals surface area (Å²) < 4.78 is 9.03. The van der Waals surface area contributed by atoms with Gasteiger partial charge in [-0.25, -0.2) is 4.79 Å². The molecule has 0 amide bonds. The van der Waals surface area contributed by atoms with Crippen molar-refractivity contribution in [3.8, 4) is 0 Å². The van der Waals surface area contributed by atoms with Gasteiger partial charge in [0, 0.05) is 6.42 Å². The van der Waals surface area contributed by atoms with E-state index in [2.05, 4.69) is 4.74 Å². The Morgan fingerprint density at radius 2 is 2.25 bits per heavy atom. The zero-order valence-electron chi connectivity index (χ0n) is 7.04. The lowest BCUT2D eigenvalue weighted by molar-refractivity contribution is -0.130. The lowest BCUT2D eigenvalue weighted by Gasteiger charge is -2.19. The standard InChI is InChI=1S/C8H12O4/c1-11-8(10)12-7-5-3-2-4-6(7)9/h7H,2-5H2,1H3. The molecule has 1 rings (SSSR count). The van der Waals surface area contributed by atoms with E-state index in [4.69, 9.17) is 4.74 Å². The second kappa shape index (κ2) is 4.09. The maximum atomic E-state index is 11.1. The Morgan fingerprint density at radius 3 is 2.83 bits per heavy atom. The van der Waals surface area contributed by atoms with Gasteiger partial charge in [0.05, 0.1) is 7.11 Å². The summed E-state index contributed by atoms with van der Waals surface area (Å²) >= 11 is 0. The number of Topliss-reactive ketones (excluding diaryl/α,β-unsaturated/α-hetero) is 1. The molecular weight excluding hydrogens is 160 g/mol. The fraction of sp³-hybridized carbons (Fsp3) is 0.750. The third-order valence-corrected chi connectivity index (χ3v) is 1.90. The van der Waals surface area contributed by atoms with Gasteiger partial charge in [-0.3, -0.25) is 4.79 Å². The molecule has 4 nitrogen and oxygen atoms in total. The van der Waals surface area contributed by atoms with Crippen LogP contribution in [0.2, 0.25) is 0 Å². The van der Waals surface area contributed by atoms with Crippen LogP contribution in [0.4, 0.5) is 4.79 Å². The van der Waals surface area contributed by atoms with Crippen LogP contribution in [-0.2, 0) is 14.3 Å². The maximum absolute atomic E-state index is 11.1. The highest BCUT2D eigenvalue weighted by Crippen LogP contribution is 2.17. The Labute approximate surface area is 70.8 Å². The van der Waals surface area contributed by atoms with Crippen LogP contribution in [0.3, 0.4) is 0 Å². The lowest BCUT2D eigenvalue weighted by Crippen LogP contribution is -2.30. The van der Waals surface area contributed by atoms with E-state index in [1.54, 1.807) is 0 Å². The molecule has 0 aliphatic heterocycles. The highest BCUT2D eigenvalue weighted by Gasteiger charge is 2.25. The van der Waals surface area contributed by atoms with Gasteiger partial charge in [0.25, 0.3) is 0 Å². The van der Waals surface area contributed by atoms with Gasteiger partial charge in [0.2, 0.25) is 0 Å². The Bertz CT molecular complexity index is 187. The molecule has 1 fully saturated rings. The third kappa shape index (κ3) is 2.22. The van der Waals surface area contributed by atoms with Crippen molar-refractivity contribution < 1.29 is 19.1 Å². The van der Waals surface area contributed by atoms with Gasteiger partial charge in [-0.15, -0.1) is 0 Å². The topological polar surface area (TPSA) is 52.6 Å². The van der Waals surface area contributed by atoms with Crippen molar-refractivity contribution in [3.63, 3.8) is 0 Å². The Morgan fingerprint density at radius 1 is 1.50 bits per heavy atom. The van der Waals surface area contributed by atoms with Crippen LogP contribution in [0.1, 0.15) is 25.7 Å². The number of carbonyl (C=O) groups excluding carboxylic acids is 2. The van der Waals surface area contributed by atoms with Gasteiger partial charge < -0.3 is 9.47 Å². The highest BCUT2D eigenvalue weighted by atomic mass is 16.7. The molecule has 12 heavy (non-hydrogen) atoms. The summed E-state index contributed by atoms with van der Waals surface area (Å²) in [5, 5.41) is 0. The molecule has 0 aromatic heterocycles. The average Bonchev–Trinajstić information content (AvgIpc) is 2.09. The van der Waals surface area contributed by atoms with Gasteiger partial charge in [-0.2, -0.15) is 0 Å². The van der Waals surface area contributed by atoms with Crippen molar-refractivity contribution in [1.29, 1.82) is 0 Å². The van der Waals surface area contributed by atoms with Crippen molar-refractivity contribution in [2.24, 2.45) is 0 Å². The van der Waals surface area contributed by atoms with Crippen molar-refractivity contribution in [2.75, 3.05) is 7.11 Å². The van der Waals surface area contributed by atoms with Crippen LogP contribution in [0.15, 0.2) is 0 Å². The van der Waals surface area contributed by atoms with Gasteiger partial charge in [0.1, 0.15) is 0 Å². The van der Waals surface area contributed by atoms with Gasteiger partial charge in [-0.1, -0.05) is 0 Å². The second-order valence-corrected chi connectivity index (χ2v) is 2.77. The molecule has 0 saturated heterocycles. The van der Waals surface area contributed by atoms with Gasteiger partial charge in [0.15, 0.2) is 11.9 Å². The van der Waals surface area contributed by atoms with Crippen molar-refractivity contribution in [2.45, 2.75) is 31.8 Å². The first-order chi connectivity index (χ1) is 5.74. The number of carbonyl (C=O) groups is 2. The zero-order chi connectivity index (χ0) is 8.97. The van der Waals surface area contributed by atoms with E-state index in [1.165, 1.54) is 7.11 Å². The number of methoxy groups -OCH3 is 1. The van der Waals surface area contributed by atoms with Crippen molar-refractivity contribution >= 4 is 11.9 Å². The fourth-order valence-corrected chi connectivity index (χ4v) is 1.24. The number of hydrogen-bond acceptors (Lipinski definition) is 4. The maximum Gasteiger partial charge on any atom is 0.508 e. The molecule has 1 aliphatic rings. The van der Waals surface area contributed by atoms with E-state index in [9.17, 15) is 9.59 Å². The van der Waals surface area contributed by atoms with E-state index < -0.39 is 12.3 Å². The van der Waals surface area contributed by atoms with Crippen molar-refractivity contribution in [1.82, 2.24) is 0 Å². The zero-order valence-corrected chi connectivity index (χ0v) is 7.04. The number of rotatable bonds is 1. The molecule has 1 saturated carbocycles. The Hall–Kier alpha value is -1.06. The molecular formula is C8H12O4. The molecule has 0 bridgehead atoms.